The van der Waals surface area contributed by atoms with E-state index in [1.165, 1.54) is 0 Å². The molecule has 0 bridgehead atoms. The fourth-order valence-electron chi connectivity index (χ4n) is 2.38. The van der Waals surface area contributed by atoms with E-state index in [0.717, 1.165) is 23.1 Å². The fraction of sp³-hybridized carbons (Fsp3) is 0.190. The lowest BCUT2D eigenvalue weighted by Gasteiger charge is -2.12. The minimum atomic E-state index is 0.497. The molecule has 0 amide bonds. The molecule has 0 atom stereocenters. The first-order chi connectivity index (χ1) is 11.8. The van der Waals surface area contributed by atoms with E-state index >= 15 is 0 Å². The van der Waals surface area contributed by atoms with Gasteiger partial charge in [0.05, 0.1) is 0 Å². The van der Waals surface area contributed by atoms with Crippen LogP contribution in [0.1, 0.15) is 23.6 Å². The van der Waals surface area contributed by atoms with E-state index in [1.54, 1.807) is 0 Å². The van der Waals surface area contributed by atoms with E-state index in [0.29, 0.717) is 25.0 Å². The summed E-state index contributed by atoms with van der Waals surface area (Å²) in [4.78, 5) is 4.53. The smallest absolute Gasteiger partial charge is 0.220 e. The number of hydrogen-bond acceptors (Lipinski definition) is 3. The molecule has 0 saturated carbocycles. The van der Waals surface area contributed by atoms with Crippen molar-refractivity contribution in [3.63, 3.8) is 0 Å². The first-order valence-electron chi connectivity index (χ1n) is 8.18. The molecule has 0 N–H and O–H groups in total. The number of benzene rings is 2. The van der Waals surface area contributed by atoms with Crippen molar-refractivity contribution in [3.8, 4) is 11.8 Å². The number of hydrogen-bond donors (Lipinski definition) is 0. The Morgan fingerprint density at radius 3 is 1.88 bits per heavy atom. The van der Waals surface area contributed by atoms with E-state index in [4.69, 9.17) is 9.47 Å². The summed E-state index contributed by atoms with van der Waals surface area (Å²) in [6, 6.07) is 24.1. The predicted molar refractivity (Wildman–Crippen MR) is 95.2 cm³/mol. The Labute approximate surface area is 142 Å². The maximum Gasteiger partial charge on any atom is 0.220 e. The van der Waals surface area contributed by atoms with Crippen LogP contribution in [0.3, 0.4) is 0 Å². The van der Waals surface area contributed by atoms with Crippen LogP contribution in [0.15, 0.2) is 72.8 Å². The van der Waals surface area contributed by atoms with Crippen molar-refractivity contribution < 1.29 is 9.47 Å². The van der Waals surface area contributed by atoms with Crippen LogP contribution in [-0.4, -0.2) is 4.98 Å². The summed E-state index contributed by atoms with van der Waals surface area (Å²) < 4.78 is 11.7. The molecule has 122 valence electrons. The maximum absolute atomic E-state index is 5.92. The Kier molecular flexibility index (Phi) is 5.46. The quantitative estimate of drug-likeness (QED) is 0.627. The zero-order valence-electron chi connectivity index (χ0n) is 13.8. The van der Waals surface area contributed by atoms with Crippen molar-refractivity contribution in [1.82, 2.24) is 4.98 Å². The van der Waals surface area contributed by atoms with Gasteiger partial charge in [0.1, 0.15) is 13.2 Å². The van der Waals surface area contributed by atoms with Crippen LogP contribution >= 0.6 is 0 Å². The third-order valence-corrected chi connectivity index (χ3v) is 3.74. The Balaban J connectivity index is 1.68. The molecule has 0 unspecified atom stereocenters. The minimum Gasteiger partial charge on any atom is -0.473 e. The van der Waals surface area contributed by atoms with Gasteiger partial charge in [-0.25, -0.2) is 0 Å². The summed E-state index contributed by atoms with van der Waals surface area (Å²) in [5, 5.41) is 0. The third-order valence-electron chi connectivity index (χ3n) is 3.74. The normalized spacial score (nSPS) is 10.4. The second-order valence-electron chi connectivity index (χ2n) is 5.52. The van der Waals surface area contributed by atoms with Gasteiger partial charge in [0, 0.05) is 11.6 Å². The molecular formula is C21H21NO2. The molecule has 0 spiro atoms. The molecule has 0 fully saturated rings. The lowest BCUT2D eigenvalue weighted by Crippen LogP contribution is -2.03. The van der Waals surface area contributed by atoms with Crippen LogP contribution in [0.2, 0.25) is 0 Å². The SMILES string of the molecule is CCc1ccc(OCc2ccccc2)nc1OCc1ccccc1. The molecular weight excluding hydrogens is 298 g/mol. The van der Waals surface area contributed by atoms with E-state index in [-0.39, 0.29) is 0 Å². The van der Waals surface area contributed by atoms with E-state index in [9.17, 15) is 0 Å². The molecule has 0 saturated heterocycles. The van der Waals surface area contributed by atoms with Crippen molar-refractivity contribution in [2.45, 2.75) is 26.6 Å². The predicted octanol–water partition coefficient (Wildman–Crippen LogP) is 4.80. The molecule has 3 aromatic rings. The van der Waals surface area contributed by atoms with Crippen molar-refractivity contribution in [3.05, 3.63) is 89.5 Å². The van der Waals surface area contributed by atoms with Gasteiger partial charge in [-0.1, -0.05) is 67.6 Å². The van der Waals surface area contributed by atoms with Crippen LogP contribution in [0.5, 0.6) is 11.8 Å². The van der Waals surface area contributed by atoms with Crippen LogP contribution in [0.4, 0.5) is 0 Å². The molecule has 3 heteroatoms. The second kappa shape index (κ2) is 8.16. The van der Waals surface area contributed by atoms with Gasteiger partial charge in [0.25, 0.3) is 0 Å². The summed E-state index contributed by atoms with van der Waals surface area (Å²) in [6.45, 7) is 3.09. The highest BCUT2D eigenvalue weighted by Gasteiger charge is 2.07. The number of nitrogens with zero attached hydrogens (tertiary/aromatic N) is 1. The molecule has 24 heavy (non-hydrogen) atoms. The monoisotopic (exact) mass is 319 g/mol. The van der Waals surface area contributed by atoms with Gasteiger partial charge in [-0.3, -0.25) is 0 Å². The highest BCUT2D eigenvalue weighted by Crippen LogP contribution is 2.22. The number of aryl methyl sites for hydroxylation is 1. The van der Waals surface area contributed by atoms with Gasteiger partial charge in [0.15, 0.2) is 0 Å². The maximum atomic E-state index is 5.92. The molecule has 0 radical (unpaired) electrons. The summed E-state index contributed by atoms with van der Waals surface area (Å²) in [7, 11) is 0. The van der Waals surface area contributed by atoms with Crippen molar-refractivity contribution >= 4 is 0 Å². The number of aromatic nitrogens is 1. The van der Waals surface area contributed by atoms with Gasteiger partial charge < -0.3 is 9.47 Å². The standard InChI is InChI=1S/C21H21NO2/c1-2-19-13-14-20(23-15-17-9-5-3-6-10-17)22-21(19)24-16-18-11-7-4-8-12-18/h3-14H,2,15-16H2,1H3. The second-order valence-corrected chi connectivity index (χ2v) is 5.52. The van der Waals surface area contributed by atoms with Crippen molar-refractivity contribution in [2.24, 2.45) is 0 Å². The summed E-state index contributed by atoms with van der Waals surface area (Å²) in [6.07, 6.45) is 0.871. The van der Waals surface area contributed by atoms with Crippen molar-refractivity contribution in [2.75, 3.05) is 0 Å². The zero-order valence-corrected chi connectivity index (χ0v) is 13.8. The molecule has 3 nitrogen and oxygen atoms in total. The molecule has 0 aliphatic rings. The lowest BCUT2D eigenvalue weighted by atomic mass is 10.2. The van der Waals surface area contributed by atoms with E-state index in [2.05, 4.69) is 11.9 Å². The highest BCUT2D eigenvalue weighted by atomic mass is 16.5. The fourth-order valence-corrected chi connectivity index (χ4v) is 2.38. The molecule has 0 aliphatic heterocycles. The van der Waals surface area contributed by atoms with E-state index in [1.807, 2.05) is 72.8 Å². The topological polar surface area (TPSA) is 31.4 Å². The van der Waals surface area contributed by atoms with Crippen LogP contribution < -0.4 is 9.47 Å². The molecule has 1 heterocycles. The first kappa shape index (κ1) is 16.1. The minimum absolute atomic E-state index is 0.497. The van der Waals surface area contributed by atoms with Crippen LogP contribution in [-0.2, 0) is 19.6 Å². The average molecular weight is 319 g/mol. The van der Waals surface area contributed by atoms with Crippen LogP contribution in [0.25, 0.3) is 0 Å². The lowest BCUT2D eigenvalue weighted by molar-refractivity contribution is 0.265. The molecule has 1 aromatic heterocycles. The van der Waals surface area contributed by atoms with Gasteiger partial charge in [-0.2, -0.15) is 4.98 Å². The first-order valence-corrected chi connectivity index (χ1v) is 8.18. The Bertz CT molecular complexity index is 757. The average Bonchev–Trinajstić information content (AvgIpc) is 2.66. The number of ether oxygens (including phenoxy) is 2. The Morgan fingerprint density at radius 1 is 0.708 bits per heavy atom. The third kappa shape index (κ3) is 4.35. The largest absolute Gasteiger partial charge is 0.473 e. The molecule has 2 aromatic carbocycles. The number of rotatable bonds is 7. The van der Waals surface area contributed by atoms with Crippen LogP contribution in [0, 0.1) is 0 Å². The summed E-state index contributed by atoms with van der Waals surface area (Å²) in [5.41, 5.74) is 3.32. The molecule has 0 aliphatic carbocycles. The van der Waals surface area contributed by atoms with Gasteiger partial charge in [-0.05, 0) is 23.6 Å². The zero-order chi connectivity index (χ0) is 16.6. The highest BCUT2D eigenvalue weighted by molar-refractivity contribution is 5.31. The number of pyridine rings is 1. The Morgan fingerprint density at radius 2 is 1.29 bits per heavy atom. The van der Waals surface area contributed by atoms with Gasteiger partial charge >= 0.3 is 0 Å². The summed E-state index contributed by atoms with van der Waals surface area (Å²) >= 11 is 0. The van der Waals surface area contributed by atoms with Crippen molar-refractivity contribution in [1.29, 1.82) is 0 Å². The van der Waals surface area contributed by atoms with Gasteiger partial charge in [0.2, 0.25) is 11.8 Å². The Hall–Kier alpha value is -2.81. The van der Waals surface area contributed by atoms with E-state index < -0.39 is 0 Å². The molecule has 3 rings (SSSR count). The summed E-state index contributed by atoms with van der Waals surface area (Å²) in [5.74, 6) is 1.23. The van der Waals surface area contributed by atoms with Gasteiger partial charge in [-0.15, -0.1) is 0 Å².